The van der Waals surface area contributed by atoms with Gasteiger partial charge in [0.05, 0.1) is 11.4 Å². The van der Waals surface area contributed by atoms with Crippen LogP contribution in [-0.2, 0) is 0 Å². The lowest BCUT2D eigenvalue weighted by Crippen LogP contribution is -2.47. The molecule has 4 rings (SSSR count). The van der Waals surface area contributed by atoms with E-state index in [1.165, 1.54) is 5.56 Å². The molecule has 0 spiro atoms. The second kappa shape index (κ2) is 9.80. The Bertz CT molecular complexity index is 875. The second-order valence-corrected chi connectivity index (χ2v) is 5.84. The molecule has 0 aromatic heterocycles. The Hall–Kier alpha value is -3.77. The van der Waals surface area contributed by atoms with E-state index in [-0.39, 0.29) is 0 Å². The van der Waals surface area contributed by atoms with E-state index in [9.17, 15) is 4.79 Å². The normalized spacial score (nSPS) is 11.2. The number of hydrogen-bond donors (Lipinski definition) is 3. The van der Waals surface area contributed by atoms with Crippen LogP contribution in [0.1, 0.15) is 5.56 Å². The topological polar surface area (TPSA) is 79.6 Å². The van der Waals surface area contributed by atoms with E-state index >= 15 is 0 Å². The van der Waals surface area contributed by atoms with E-state index in [4.69, 9.17) is 10.6 Å². The fourth-order valence-electron chi connectivity index (χ4n) is 2.63. The zero-order chi connectivity index (χ0) is 19.6. The number of nitrogens with one attached hydrogen (secondary N) is 2. The Morgan fingerprint density at radius 1 is 0.857 bits per heavy atom. The average Bonchev–Trinajstić information content (AvgIpc) is 2.79. The van der Waals surface area contributed by atoms with Crippen LogP contribution in [0.15, 0.2) is 91.0 Å². The van der Waals surface area contributed by atoms with Gasteiger partial charge in [0.2, 0.25) is 0 Å². The number of urea groups is 1. The third kappa shape index (κ3) is 5.12. The summed E-state index contributed by atoms with van der Waals surface area (Å²) in [5.41, 5.74) is 7.56. The molecule has 1 aliphatic rings. The first kappa shape index (κ1) is 19.0. The average molecular weight is 374 g/mol. The van der Waals surface area contributed by atoms with Crippen LogP contribution >= 0.6 is 0 Å². The number of fused-ring (bicyclic) bond motifs is 1. The van der Waals surface area contributed by atoms with E-state index in [1.807, 2.05) is 96.4 Å². The van der Waals surface area contributed by atoms with Gasteiger partial charge in [-0.05, 0) is 36.4 Å². The summed E-state index contributed by atoms with van der Waals surface area (Å²) in [6, 6.07) is 26.5. The maximum absolute atomic E-state index is 11.4. The molecule has 3 aromatic rings. The minimum absolute atomic E-state index is 0.484. The van der Waals surface area contributed by atoms with Gasteiger partial charge in [-0.15, -0.1) is 0 Å². The summed E-state index contributed by atoms with van der Waals surface area (Å²) in [6.45, 7) is 0.705. The molecule has 0 radical (unpaired) electrons. The number of anilines is 2. The summed E-state index contributed by atoms with van der Waals surface area (Å²) in [6.07, 6.45) is 4.10. The largest absolute Gasteiger partial charge is 0.489 e. The highest BCUT2D eigenvalue weighted by Crippen LogP contribution is 2.23. The van der Waals surface area contributed by atoms with Gasteiger partial charge >= 0.3 is 6.03 Å². The Morgan fingerprint density at radius 2 is 1.43 bits per heavy atom. The lowest BCUT2D eigenvalue weighted by atomic mass is 10.1. The molecule has 0 atom stereocenters. The van der Waals surface area contributed by atoms with Crippen LogP contribution in [0.3, 0.4) is 0 Å². The first-order chi connectivity index (χ1) is 13.8. The molecule has 0 aliphatic carbocycles. The van der Waals surface area contributed by atoms with Crippen LogP contribution in [0.25, 0.3) is 6.08 Å². The van der Waals surface area contributed by atoms with Crippen LogP contribution in [-0.4, -0.2) is 12.6 Å². The summed E-state index contributed by atoms with van der Waals surface area (Å²) < 4.78 is 5.34. The van der Waals surface area contributed by atoms with Crippen molar-refractivity contribution < 1.29 is 9.53 Å². The number of benzene rings is 3. The van der Waals surface area contributed by atoms with Crippen molar-refractivity contribution >= 4 is 23.5 Å². The fraction of sp³-hybridized carbons (Fsp3) is 0.0455. The Balaban J connectivity index is 0.000000188. The van der Waals surface area contributed by atoms with E-state index in [0.717, 1.165) is 17.1 Å². The zero-order valence-corrected chi connectivity index (χ0v) is 15.3. The number of amides is 2. The Labute approximate surface area is 164 Å². The second-order valence-electron chi connectivity index (χ2n) is 5.84. The third-order valence-corrected chi connectivity index (χ3v) is 3.92. The fourth-order valence-corrected chi connectivity index (χ4v) is 2.63. The quantitative estimate of drug-likeness (QED) is 0.368. The van der Waals surface area contributed by atoms with Gasteiger partial charge in [-0.3, -0.25) is 10.4 Å². The molecule has 6 heteroatoms. The standard InChI is InChI=1S/C13H14N4O.C9H8O/c14-15-13(18)16-17(11-7-3-1-4-8-11)12-9-5-2-6-10-12;1-2-6-9-8(4-1)5-3-7-10-9/h1-10H,14H2,(H2,15,16,18);1-6H,7H2. The van der Waals surface area contributed by atoms with Crippen molar-refractivity contribution in [2.75, 3.05) is 11.6 Å². The van der Waals surface area contributed by atoms with E-state index in [1.54, 1.807) is 5.01 Å². The highest BCUT2D eigenvalue weighted by molar-refractivity contribution is 5.78. The summed E-state index contributed by atoms with van der Waals surface area (Å²) >= 11 is 0. The molecule has 142 valence electrons. The van der Waals surface area contributed by atoms with Gasteiger partial charge in [0.15, 0.2) is 0 Å². The first-order valence-electron chi connectivity index (χ1n) is 8.84. The van der Waals surface area contributed by atoms with Crippen molar-refractivity contribution in [1.82, 2.24) is 10.9 Å². The van der Waals surface area contributed by atoms with Crippen molar-refractivity contribution in [3.63, 3.8) is 0 Å². The van der Waals surface area contributed by atoms with E-state index in [2.05, 4.69) is 11.5 Å². The maximum atomic E-state index is 11.4. The number of hydrazine groups is 2. The monoisotopic (exact) mass is 374 g/mol. The molecule has 1 heterocycles. The summed E-state index contributed by atoms with van der Waals surface area (Å²) in [4.78, 5) is 11.4. The molecular weight excluding hydrogens is 352 g/mol. The number of rotatable bonds is 3. The molecular formula is C22H22N4O2. The molecule has 6 nitrogen and oxygen atoms in total. The summed E-state index contributed by atoms with van der Waals surface area (Å²) in [5, 5.41) is 1.65. The lowest BCUT2D eigenvalue weighted by molar-refractivity contribution is 0.241. The van der Waals surface area contributed by atoms with Gasteiger partial charge < -0.3 is 4.74 Å². The first-order valence-corrected chi connectivity index (χ1v) is 8.84. The van der Waals surface area contributed by atoms with Crippen LogP contribution in [0.2, 0.25) is 0 Å². The number of carbonyl (C=O) groups excluding carboxylic acids is 1. The highest BCUT2D eigenvalue weighted by atomic mass is 16.5. The SMILES string of the molecule is C1=Cc2ccccc2OC1.NNC(=O)NN(c1ccccc1)c1ccccc1. The van der Waals surface area contributed by atoms with Crippen molar-refractivity contribution in [1.29, 1.82) is 0 Å². The predicted octanol–water partition coefficient (Wildman–Crippen LogP) is 4.00. The van der Waals surface area contributed by atoms with Gasteiger partial charge in [0, 0.05) is 5.56 Å². The molecule has 0 bridgehead atoms. The molecule has 0 saturated heterocycles. The van der Waals surface area contributed by atoms with Gasteiger partial charge in [0.25, 0.3) is 0 Å². The van der Waals surface area contributed by atoms with Crippen molar-refractivity contribution in [2.45, 2.75) is 0 Å². The van der Waals surface area contributed by atoms with Crippen molar-refractivity contribution in [3.05, 3.63) is 96.6 Å². The van der Waals surface area contributed by atoms with Crippen molar-refractivity contribution in [3.8, 4) is 5.75 Å². The number of carbonyl (C=O) groups is 1. The molecule has 0 unspecified atom stereocenters. The van der Waals surface area contributed by atoms with Gasteiger partial charge in [0.1, 0.15) is 12.4 Å². The summed E-state index contributed by atoms with van der Waals surface area (Å²) in [7, 11) is 0. The molecule has 1 aliphatic heterocycles. The number of ether oxygens (including phenoxy) is 1. The van der Waals surface area contributed by atoms with Gasteiger partial charge in [-0.2, -0.15) is 0 Å². The van der Waals surface area contributed by atoms with Gasteiger partial charge in [-0.25, -0.2) is 16.1 Å². The van der Waals surface area contributed by atoms with E-state index in [0.29, 0.717) is 6.61 Å². The van der Waals surface area contributed by atoms with Gasteiger partial charge in [-0.1, -0.05) is 60.7 Å². The van der Waals surface area contributed by atoms with Crippen LogP contribution in [0.4, 0.5) is 16.2 Å². The number of nitrogens with two attached hydrogens (primary N) is 1. The Kier molecular flexibility index (Phi) is 6.65. The molecule has 4 N–H and O–H groups in total. The minimum atomic E-state index is -0.484. The highest BCUT2D eigenvalue weighted by Gasteiger charge is 2.10. The number of nitrogens with zero attached hydrogens (tertiary/aromatic N) is 1. The van der Waals surface area contributed by atoms with Crippen LogP contribution in [0.5, 0.6) is 5.75 Å². The van der Waals surface area contributed by atoms with Crippen LogP contribution < -0.4 is 26.4 Å². The Morgan fingerprint density at radius 3 is 2.00 bits per heavy atom. The molecule has 3 aromatic carbocycles. The van der Waals surface area contributed by atoms with Crippen molar-refractivity contribution in [2.24, 2.45) is 5.84 Å². The third-order valence-electron chi connectivity index (χ3n) is 3.92. The molecule has 28 heavy (non-hydrogen) atoms. The van der Waals surface area contributed by atoms with E-state index < -0.39 is 6.03 Å². The number of para-hydroxylation sites is 3. The molecule has 2 amide bonds. The molecule has 0 fully saturated rings. The maximum Gasteiger partial charge on any atom is 0.348 e. The number of hydrogen-bond acceptors (Lipinski definition) is 4. The molecule has 0 saturated carbocycles. The summed E-state index contributed by atoms with van der Waals surface area (Å²) in [5.74, 6) is 6.08. The lowest BCUT2D eigenvalue weighted by Gasteiger charge is -2.24. The van der Waals surface area contributed by atoms with Crippen LogP contribution in [0, 0.1) is 0 Å². The minimum Gasteiger partial charge on any atom is -0.489 e. The zero-order valence-electron chi connectivity index (χ0n) is 15.3. The predicted molar refractivity (Wildman–Crippen MR) is 112 cm³/mol. The smallest absolute Gasteiger partial charge is 0.348 e.